The summed E-state index contributed by atoms with van der Waals surface area (Å²) in [7, 11) is 0. The van der Waals surface area contributed by atoms with Crippen LogP contribution >= 0.6 is 0 Å². The van der Waals surface area contributed by atoms with Crippen molar-refractivity contribution in [3.05, 3.63) is 23.8 Å². The number of alkyl halides is 6. The van der Waals surface area contributed by atoms with Crippen LogP contribution in [0.5, 0.6) is 0 Å². The highest BCUT2D eigenvalue weighted by atomic mass is 19.4. The molecule has 34 heavy (non-hydrogen) atoms. The second-order valence-electron chi connectivity index (χ2n) is 12.0. The lowest BCUT2D eigenvalue weighted by atomic mass is 9.47. The maximum absolute atomic E-state index is 13.0. The topological polar surface area (TPSA) is 20.2 Å². The van der Waals surface area contributed by atoms with Gasteiger partial charge in [-0.05, 0) is 91.8 Å². The van der Waals surface area contributed by atoms with Gasteiger partial charge in [0.25, 0.3) is 5.60 Å². The fraction of sp³-hybridized carbons (Fsp3) is 0.852. The van der Waals surface area contributed by atoms with Crippen LogP contribution in [0.1, 0.15) is 85.0 Å². The molecule has 7 atom stereocenters. The van der Waals surface area contributed by atoms with Gasteiger partial charge in [-0.2, -0.15) is 26.3 Å². The molecule has 0 aromatic heterocycles. The van der Waals surface area contributed by atoms with Crippen molar-refractivity contribution in [2.24, 2.45) is 40.4 Å². The zero-order valence-corrected chi connectivity index (χ0v) is 20.4. The van der Waals surface area contributed by atoms with E-state index in [4.69, 9.17) is 0 Å². The summed E-state index contributed by atoms with van der Waals surface area (Å²) in [6.07, 6.45) is 2.22. The smallest absolute Gasteiger partial charge is 0.373 e. The minimum atomic E-state index is -5.77. The highest BCUT2D eigenvalue weighted by Crippen LogP contribution is 2.67. The monoisotopic (exact) mass is 492 g/mol. The van der Waals surface area contributed by atoms with Crippen LogP contribution in [0, 0.1) is 40.4 Å². The summed E-state index contributed by atoms with van der Waals surface area (Å²) in [6, 6.07) is 0. The average molecular weight is 493 g/mol. The molecule has 0 spiro atoms. The number of aliphatic hydroxyl groups is 1. The Kier molecular flexibility index (Phi) is 6.56. The van der Waals surface area contributed by atoms with Crippen LogP contribution < -0.4 is 0 Å². The first-order valence-electron chi connectivity index (χ1n) is 12.9. The molecule has 7 unspecified atom stereocenters. The predicted molar refractivity (Wildman–Crippen MR) is 120 cm³/mol. The van der Waals surface area contributed by atoms with E-state index in [0.29, 0.717) is 23.2 Å². The van der Waals surface area contributed by atoms with Crippen LogP contribution in [0.3, 0.4) is 0 Å². The Bertz CT molecular complexity index is 812. The van der Waals surface area contributed by atoms with Gasteiger partial charge in [0.05, 0.1) is 0 Å². The second-order valence-corrected chi connectivity index (χ2v) is 12.0. The molecule has 4 aliphatic rings. The molecule has 194 valence electrons. The molecule has 4 aliphatic carbocycles. The molecule has 0 amide bonds. The Morgan fingerprint density at radius 2 is 1.68 bits per heavy atom. The SMILES string of the molecule is CC(/C=C/CC(O)(C(F)(F)F)C(F)(F)F)C1CCC2C3CC=C4CCCCC4(C)C3CCC12C. The maximum atomic E-state index is 13.0. The molecule has 3 fully saturated rings. The molecule has 4 rings (SSSR count). The second kappa shape index (κ2) is 8.55. The number of halogens is 6. The van der Waals surface area contributed by atoms with Crippen LogP contribution in [0.4, 0.5) is 26.3 Å². The zero-order valence-electron chi connectivity index (χ0n) is 20.4. The maximum Gasteiger partial charge on any atom is 0.426 e. The lowest BCUT2D eigenvalue weighted by molar-refractivity contribution is -0.366. The van der Waals surface area contributed by atoms with Gasteiger partial charge in [-0.1, -0.05) is 51.0 Å². The molecule has 3 saturated carbocycles. The zero-order chi connectivity index (χ0) is 25.2. The molecule has 0 aromatic rings. The van der Waals surface area contributed by atoms with Crippen LogP contribution in [-0.4, -0.2) is 23.1 Å². The molecule has 7 heteroatoms. The summed E-state index contributed by atoms with van der Waals surface area (Å²) in [5.41, 5.74) is -2.72. The van der Waals surface area contributed by atoms with Crippen LogP contribution in [0.15, 0.2) is 23.8 Å². The molecule has 1 N–H and O–H groups in total. The van der Waals surface area contributed by atoms with Gasteiger partial charge >= 0.3 is 12.4 Å². The summed E-state index contributed by atoms with van der Waals surface area (Å²) >= 11 is 0. The molecular weight excluding hydrogens is 454 g/mol. The number of fused-ring (bicyclic) bond motifs is 5. The third-order valence-corrected chi connectivity index (χ3v) is 10.5. The van der Waals surface area contributed by atoms with Gasteiger partial charge in [-0.3, -0.25) is 0 Å². The minimum absolute atomic E-state index is 0.0473. The fourth-order valence-corrected chi connectivity index (χ4v) is 8.58. The third-order valence-electron chi connectivity index (χ3n) is 10.5. The van der Waals surface area contributed by atoms with Gasteiger partial charge in [0, 0.05) is 6.42 Å². The van der Waals surface area contributed by atoms with Crippen molar-refractivity contribution in [1.82, 2.24) is 0 Å². The largest absolute Gasteiger partial charge is 0.426 e. The summed E-state index contributed by atoms with van der Waals surface area (Å²) in [5.74, 6) is 1.93. The van der Waals surface area contributed by atoms with Crippen LogP contribution in [0.25, 0.3) is 0 Å². The number of hydrogen-bond acceptors (Lipinski definition) is 1. The van der Waals surface area contributed by atoms with Crippen molar-refractivity contribution >= 4 is 0 Å². The van der Waals surface area contributed by atoms with E-state index < -0.39 is 24.4 Å². The highest BCUT2D eigenvalue weighted by Gasteiger charge is 2.69. The first kappa shape index (κ1) is 26.1. The first-order chi connectivity index (χ1) is 15.7. The molecule has 0 heterocycles. The van der Waals surface area contributed by atoms with Gasteiger partial charge in [0.2, 0.25) is 0 Å². The molecule has 1 nitrogen and oxygen atoms in total. The summed E-state index contributed by atoms with van der Waals surface area (Å²) in [4.78, 5) is 0. The Balaban J connectivity index is 1.49. The Morgan fingerprint density at radius 3 is 2.32 bits per heavy atom. The molecule has 0 radical (unpaired) electrons. The van der Waals surface area contributed by atoms with E-state index >= 15 is 0 Å². The van der Waals surface area contributed by atoms with Crippen molar-refractivity contribution in [2.75, 3.05) is 0 Å². The van der Waals surface area contributed by atoms with Gasteiger partial charge < -0.3 is 5.11 Å². The van der Waals surface area contributed by atoms with Crippen molar-refractivity contribution < 1.29 is 31.4 Å². The van der Waals surface area contributed by atoms with E-state index in [-0.39, 0.29) is 17.3 Å². The van der Waals surface area contributed by atoms with E-state index in [1.165, 1.54) is 31.8 Å². The van der Waals surface area contributed by atoms with Crippen molar-refractivity contribution in [3.63, 3.8) is 0 Å². The summed E-state index contributed by atoms with van der Waals surface area (Å²) < 4.78 is 78.0. The minimum Gasteiger partial charge on any atom is -0.373 e. The predicted octanol–water partition coefficient (Wildman–Crippen LogP) is 8.39. The number of hydrogen-bond donors (Lipinski definition) is 1. The van der Waals surface area contributed by atoms with Gasteiger partial charge in [-0.15, -0.1) is 0 Å². The lowest BCUT2D eigenvalue weighted by Gasteiger charge is -2.58. The van der Waals surface area contributed by atoms with Crippen molar-refractivity contribution in [1.29, 1.82) is 0 Å². The van der Waals surface area contributed by atoms with Gasteiger partial charge in [-0.25, -0.2) is 0 Å². The van der Waals surface area contributed by atoms with E-state index in [0.717, 1.165) is 38.2 Å². The van der Waals surface area contributed by atoms with E-state index in [9.17, 15) is 31.4 Å². The third kappa shape index (κ3) is 3.96. The standard InChI is InChI=1S/C27H38F6O/c1-17(7-6-15-25(34,26(28,29)30)27(31,32)33)20-11-12-21-19-10-9-18-8-4-5-14-23(18,2)22(19)13-16-24(20,21)3/h6-7,9,17,19-22,34H,4-5,8,10-16H2,1-3H3/b7-6+. The number of rotatable bonds is 4. The fourth-order valence-electron chi connectivity index (χ4n) is 8.58. The van der Waals surface area contributed by atoms with Crippen molar-refractivity contribution in [2.45, 2.75) is 103 Å². The Labute approximate surface area is 199 Å². The van der Waals surface area contributed by atoms with Crippen LogP contribution in [-0.2, 0) is 0 Å². The summed E-state index contributed by atoms with van der Waals surface area (Å²) in [6.45, 7) is 6.67. The molecule has 0 aromatic carbocycles. The summed E-state index contributed by atoms with van der Waals surface area (Å²) in [5, 5.41) is 9.44. The van der Waals surface area contributed by atoms with Gasteiger partial charge in [0.1, 0.15) is 0 Å². The quantitative estimate of drug-likeness (QED) is 0.309. The van der Waals surface area contributed by atoms with Crippen LogP contribution in [0.2, 0.25) is 0 Å². The molecule has 0 aliphatic heterocycles. The van der Waals surface area contributed by atoms with E-state index in [1.54, 1.807) is 5.57 Å². The molecule has 0 saturated heterocycles. The Hall–Kier alpha value is -0.980. The van der Waals surface area contributed by atoms with Gasteiger partial charge in [0.15, 0.2) is 0 Å². The molecule has 0 bridgehead atoms. The van der Waals surface area contributed by atoms with Crippen molar-refractivity contribution in [3.8, 4) is 0 Å². The lowest BCUT2D eigenvalue weighted by Crippen LogP contribution is -2.56. The highest BCUT2D eigenvalue weighted by molar-refractivity contribution is 5.24. The average Bonchev–Trinajstić information content (AvgIpc) is 3.08. The first-order valence-corrected chi connectivity index (χ1v) is 12.9. The number of allylic oxidation sites excluding steroid dienone is 3. The van der Waals surface area contributed by atoms with E-state index in [1.807, 2.05) is 6.92 Å². The normalized spacial score (nSPS) is 39.9. The molecular formula is C27H38F6O. The van der Waals surface area contributed by atoms with E-state index in [2.05, 4.69) is 19.9 Å². The Morgan fingerprint density at radius 1 is 1.00 bits per heavy atom.